The maximum Gasteiger partial charge on any atom is 0.331 e. The first-order chi connectivity index (χ1) is 15.1. The number of hydrogen-bond donors (Lipinski definition) is 1. The summed E-state index contributed by atoms with van der Waals surface area (Å²) in [7, 11) is 0. The first-order valence-electron chi connectivity index (χ1n) is 9.80. The molecule has 4 rings (SSSR count). The minimum absolute atomic E-state index is 0.284. The van der Waals surface area contributed by atoms with E-state index in [0.717, 1.165) is 11.1 Å². The van der Waals surface area contributed by atoms with Crippen LogP contribution in [0.5, 0.6) is 0 Å². The van der Waals surface area contributed by atoms with Gasteiger partial charge in [-0.1, -0.05) is 60.7 Å². The standard InChI is InChI=1S/C25H20N2O4/c1-17(30-24(28)16-15-23-26-21-13-7-8-14-22(21)31-23)25(29)27-20-12-6-5-11-19(20)18-9-3-2-4-10-18/h2-17H,1H3,(H,27,29)/b16-15+/t17-/m1/s1. The van der Waals surface area contributed by atoms with Crippen LogP contribution in [0.2, 0.25) is 0 Å². The van der Waals surface area contributed by atoms with Gasteiger partial charge in [0, 0.05) is 23.4 Å². The average Bonchev–Trinajstić information content (AvgIpc) is 3.22. The van der Waals surface area contributed by atoms with Crippen LogP contribution in [0, 0.1) is 0 Å². The van der Waals surface area contributed by atoms with Crippen LogP contribution >= 0.6 is 0 Å². The quantitative estimate of drug-likeness (QED) is 0.353. The molecule has 0 aliphatic rings. The lowest BCUT2D eigenvalue weighted by molar-refractivity contribution is -0.148. The molecule has 1 N–H and O–H groups in total. The monoisotopic (exact) mass is 412 g/mol. The fourth-order valence-electron chi connectivity index (χ4n) is 3.06. The molecule has 4 aromatic rings. The van der Waals surface area contributed by atoms with E-state index in [2.05, 4.69) is 10.3 Å². The number of rotatable bonds is 6. The van der Waals surface area contributed by atoms with Crippen LogP contribution < -0.4 is 5.32 Å². The average molecular weight is 412 g/mol. The Morgan fingerprint density at radius 1 is 0.968 bits per heavy atom. The zero-order valence-electron chi connectivity index (χ0n) is 16.8. The molecular weight excluding hydrogens is 392 g/mol. The van der Waals surface area contributed by atoms with Gasteiger partial charge in [0.15, 0.2) is 11.7 Å². The van der Waals surface area contributed by atoms with Gasteiger partial charge >= 0.3 is 5.97 Å². The third kappa shape index (κ3) is 4.87. The number of nitrogens with zero attached hydrogens (tertiary/aromatic N) is 1. The van der Waals surface area contributed by atoms with Crippen molar-refractivity contribution in [3.05, 3.63) is 90.8 Å². The molecule has 0 saturated carbocycles. The summed E-state index contributed by atoms with van der Waals surface area (Å²) in [6.07, 6.45) is 1.62. The Morgan fingerprint density at radius 2 is 1.68 bits per heavy atom. The third-order valence-electron chi connectivity index (χ3n) is 4.60. The summed E-state index contributed by atoms with van der Waals surface area (Å²) >= 11 is 0. The number of ether oxygens (including phenoxy) is 1. The molecule has 0 saturated heterocycles. The zero-order chi connectivity index (χ0) is 21.6. The largest absolute Gasteiger partial charge is 0.449 e. The second-order valence-electron chi connectivity index (χ2n) is 6.83. The molecule has 1 amide bonds. The van der Waals surface area contributed by atoms with Crippen molar-refractivity contribution in [3.8, 4) is 11.1 Å². The summed E-state index contributed by atoms with van der Waals surface area (Å²) in [6, 6.07) is 24.5. The number of amides is 1. The van der Waals surface area contributed by atoms with Gasteiger partial charge in [-0.15, -0.1) is 0 Å². The summed E-state index contributed by atoms with van der Waals surface area (Å²) in [4.78, 5) is 29.0. The minimum atomic E-state index is -0.982. The molecule has 31 heavy (non-hydrogen) atoms. The Morgan fingerprint density at radius 3 is 2.48 bits per heavy atom. The smallest absolute Gasteiger partial charge is 0.331 e. The van der Waals surface area contributed by atoms with Gasteiger partial charge in [-0.25, -0.2) is 9.78 Å². The molecule has 1 aromatic heterocycles. The van der Waals surface area contributed by atoms with Crippen molar-refractivity contribution in [1.82, 2.24) is 4.98 Å². The highest BCUT2D eigenvalue weighted by atomic mass is 16.5. The topological polar surface area (TPSA) is 81.4 Å². The maximum absolute atomic E-state index is 12.6. The van der Waals surface area contributed by atoms with Crippen LogP contribution in [0.3, 0.4) is 0 Å². The molecule has 1 atom stereocenters. The molecule has 0 spiro atoms. The number of nitrogens with one attached hydrogen (secondary N) is 1. The molecule has 0 fully saturated rings. The first-order valence-corrected chi connectivity index (χ1v) is 9.80. The van der Waals surface area contributed by atoms with Crippen LogP contribution in [0.1, 0.15) is 12.8 Å². The van der Waals surface area contributed by atoms with E-state index >= 15 is 0 Å². The summed E-state index contributed by atoms with van der Waals surface area (Å²) in [5.74, 6) is -0.805. The van der Waals surface area contributed by atoms with E-state index < -0.39 is 18.0 Å². The molecule has 0 unspecified atom stereocenters. The highest BCUT2D eigenvalue weighted by molar-refractivity contribution is 5.99. The fraction of sp³-hybridized carbons (Fsp3) is 0.0800. The summed E-state index contributed by atoms with van der Waals surface area (Å²) < 4.78 is 10.7. The van der Waals surface area contributed by atoms with Crippen molar-refractivity contribution >= 4 is 34.7 Å². The number of esters is 1. The van der Waals surface area contributed by atoms with E-state index in [1.54, 1.807) is 6.07 Å². The molecule has 6 nitrogen and oxygen atoms in total. The van der Waals surface area contributed by atoms with E-state index in [0.29, 0.717) is 16.8 Å². The van der Waals surface area contributed by atoms with Crippen LogP contribution in [0.25, 0.3) is 28.3 Å². The molecule has 0 radical (unpaired) electrons. The number of benzene rings is 3. The normalized spacial score (nSPS) is 12.0. The van der Waals surface area contributed by atoms with Gasteiger partial charge in [-0.05, 0) is 30.7 Å². The second kappa shape index (κ2) is 9.09. The van der Waals surface area contributed by atoms with Crippen molar-refractivity contribution in [2.75, 3.05) is 5.32 Å². The van der Waals surface area contributed by atoms with Gasteiger partial charge < -0.3 is 14.5 Å². The van der Waals surface area contributed by atoms with Crippen LogP contribution in [-0.4, -0.2) is 23.0 Å². The predicted molar refractivity (Wildman–Crippen MR) is 119 cm³/mol. The van der Waals surface area contributed by atoms with Crippen molar-refractivity contribution in [2.45, 2.75) is 13.0 Å². The lowest BCUT2D eigenvalue weighted by atomic mass is 10.0. The van der Waals surface area contributed by atoms with Crippen molar-refractivity contribution in [1.29, 1.82) is 0 Å². The number of fused-ring (bicyclic) bond motifs is 1. The maximum atomic E-state index is 12.6. The molecule has 1 heterocycles. The Hall–Kier alpha value is -4.19. The molecule has 0 bridgehead atoms. The lowest BCUT2D eigenvalue weighted by Crippen LogP contribution is -2.29. The first kappa shape index (κ1) is 20.1. The molecule has 154 valence electrons. The van der Waals surface area contributed by atoms with Gasteiger partial charge in [-0.3, -0.25) is 4.79 Å². The number of oxazole rings is 1. The Bertz CT molecular complexity index is 1210. The van der Waals surface area contributed by atoms with Gasteiger partial charge in [0.1, 0.15) is 5.52 Å². The molecule has 0 aliphatic heterocycles. The Balaban J connectivity index is 1.39. The SMILES string of the molecule is C[C@@H](OC(=O)/C=C/c1nc2ccccc2o1)C(=O)Nc1ccccc1-c1ccccc1. The lowest BCUT2D eigenvalue weighted by Gasteiger charge is -2.15. The number of carbonyl (C=O) groups is 2. The highest BCUT2D eigenvalue weighted by Crippen LogP contribution is 2.27. The summed E-state index contributed by atoms with van der Waals surface area (Å²) in [6.45, 7) is 1.52. The second-order valence-corrected chi connectivity index (χ2v) is 6.83. The van der Waals surface area contributed by atoms with Gasteiger partial charge in [0.05, 0.1) is 0 Å². The number of anilines is 1. The zero-order valence-corrected chi connectivity index (χ0v) is 16.8. The van der Waals surface area contributed by atoms with E-state index in [4.69, 9.17) is 9.15 Å². The minimum Gasteiger partial charge on any atom is -0.449 e. The number of carbonyl (C=O) groups excluding carboxylic acids is 2. The summed E-state index contributed by atoms with van der Waals surface area (Å²) in [5.41, 5.74) is 3.82. The van der Waals surface area contributed by atoms with Gasteiger partial charge in [0.25, 0.3) is 5.91 Å². The Kier molecular flexibility index (Phi) is 5.89. The van der Waals surface area contributed by atoms with Crippen LogP contribution in [0.15, 0.2) is 89.4 Å². The van der Waals surface area contributed by atoms with Crippen molar-refractivity contribution < 1.29 is 18.7 Å². The number of aromatic nitrogens is 1. The molecular formula is C25H20N2O4. The van der Waals surface area contributed by atoms with E-state index in [-0.39, 0.29) is 5.89 Å². The highest BCUT2D eigenvalue weighted by Gasteiger charge is 2.18. The molecule has 6 heteroatoms. The molecule has 3 aromatic carbocycles. The van der Waals surface area contributed by atoms with E-state index in [9.17, 15) is 9.59 Å². The van der Waals surface area contributed by atoms with Crippen molar-refractivity contribution in [2.24, 2.45) is 0 Å². The fourth-order valence-corrected chi connectivity index (χ4v) is 3.06. The third-order valence-corrected chi connectivity index (χ3v) is 4.60. The van der Waals surface area contributed by atoms with Crippen LogP contribution in [0.4, 0.5) is 5.69 Å². The van der Waals surface area contributed by atoms with E-state index in [1.807, 2.05) is 72.8 Å². The van der Waals surface area contributed by atoms with Crippen molar-refractivity contribution in [3.63, 3.8) is 0 Å². The van der Waals surface area contributed by atoms with E-state index in [1.165, 1.54) is 19.1 Å². The predicted octanol–water partition coefficient (Wildman–Crippen LogP) is 5.08. The molecule has 0 aliphatic carbocycles. The van der Waals surface area contributed by atoms with Crippen LogP contribution in [-0.2, 0) is 14.3 Å². The Labute approximate surface area is 179 Å². The number of hydrogen-bond acceptors (Lipinski definition) is 5. The summed E-state index contributed by atoms with van der Waals surface area (Å²) in [5, 5.41) is 2.83. The van der Waals surface area contributed by atoms with Gasteiger partial charge in [-0.2, -0.15) is 0 Å². The van der Waals surface area contributed by atoms with Gasteiger partial charge in [0.2, 0.25) is 5.89 Å². The number of para-hydroxylation sites is 3.